The van der Waals surface area contributed by atoms with Crippen molar-refractivity contribution in [1.82, 2.24) is 24.9 Å². The monoisotopic (exact) mass is 473 g/mol. The summed E-state index contributed by atoms with van der Waals surface area (Å²) in [6, 6.07) is 9.74. The molecule has 0 aliphatic rings. The quantitative estimate of drug-likeness (QED) is 0.494. The van der Waals surface area contributed by atoms with Gasteiger partial charge in [0.05, 0.1) is 10.2 Å². The molecule has 3 rings (SSSR count). The number of carbonyl (C=O) groups is 1. The Bertz CT molecular complexity index is 966. The molecule has 0 aliphatic heterocycles. The van der Waals surface area contributed by atoms with Gasteiger partial charge in [0.25, 0.3) is 5.91 Å². The second-order valence-electron chi connectivity index (χ2n) is 8.22. The van der Waals surface area contributed by atoms with Gasteiger partial charge in [-0.2, -0.15) is 10.2 Å². The van der Waals surface area contributed by atoms with E-state index in [9.17, 15) is 4.79 Å². The zero-order valence-electron chi connectivity index (χ0n) is 17.9. The smallest absolute Gasteiger partial charge is 0.271 e. The van der Waals surface area contributed by atoms with Crippen molar-refractivity contribution in [2.24, 2.45) is 0 Å². The van der Waals surface area contributed by atoms with E-state index in [-0.39, 0.29) is 18.1 Å². The molecule has 7 nitrogen and oxygen atoms in total. The van der Waals surface area contributed by atoms with Gasteiger partial charge in [-0.3, -0.25) is 9.48 Å². The fraction of sp³-hybridized carbons (Fsp3) is 0.409. The van der Waals surface area contributed by atoms with Crippen LogP contribution >= 0.6 is 15.9 Å². The van der Waals surface area contributed by atoms with Crippen LogP contribution in [0.25, 0.3) is 0 Å². The number of amides is 1. The largest absolute Gasteiger partial charge is 0.471 e. The molecular weight excluding hydrogens is 446 g/mol. The summed E-state index contributed by atoms with van der Waals surface area (Å²) in [5.74, 6) is 0.575. The number of carbonyl (C=O) groups excluding carboxylic acids is 1. The van der Waals surface area contributed by atoms with Crippen LogP contribution in [-0.2, 0) is 18.7 Å². The lowest BCUT2D eigenvalue weighted by Crippen LogP contribution is -2.26. The summed E-state index contributed by atoms with van der Waals surface area (Å²) in [5, 5.41) is 11.6. The second kappa shape index (κ2) is 9.47. The van der Waals surface area contributed by atoms with Gasteiger partial charge >= 0.3 is 0 Å². The van der Waals surface area contributed by atoms with Crippen LogP contribution in [0.3, 0.4) is 0 Å². The van der Waals surface area contributed by atoms with Crippen molar-refractivity contribution in [2.75, 3.05) is 6.54 Å². The Balaban J connectivity index is 1.43. The molecule has 0 unspecified atom stereocenters. The Morgan fingerprint density at radius 2 is 1.87 bits per heavy atom. The van der Waals surface area contributed by atoms with Crippen LogP contribution in [0.2, 0.25) is 0 Å². The van der Waals surface area contributed by atoms with Crippen molar-refractivity contribution in [3.05, 3.63) is 64.1 Å². The molecule has 0 saturated carbocycles. The predicted molar refractivity (Wildman–Crippen MR) is 120 cm³/mol. The molecule has 0 saturated heterocycles. The first kappa shape index (κ1) is 22.1. The highest BCUT2D eigenvalue weighted by Gasteiger charge is 2.13. The van der Waals surface area contributed by atoms with E-state index in [1.807, 2.05) is 29.9 Å². The molecule has 0 bridgehead atoms. The molecule has 2 heterocycles. The van der Waals surface area contributed by atoms with Gasteiger partial charge in [-0.05, 0) is 58.5 Å². The van der Waals surface area contributed by atoms with Crippen molar-refractivity contribution in [1.29, 1.82) is 0 Å². The molecule has 30 heavy (non-hydrogen) atoms. The molecule has 0 radical (unpaired) electrons. The first-order chi connectivity index (χ1) is 14.2. The van der Waals surface area contributed by atoms with Gasteiger partial charge in [-0.1, -0.05) is 32.9 Å². The fourth-order valence-corrected chi connectivity index (χ4v) is 3.20. The highest BCUT2D eigenvalue weighted by Crippen LogP contribution is 2.24. The lowest BCUT2D eigenvalue weighted by atomic mass is 9.87. The summed E-state index contributed by atoms with van der Waals surface area (Å²) in [6.07, 6.45) is 4.46. The maximum atomic E-state index is 12.3. The summed E-state index contributed by atoms with van der Waals surface area (Å²) in [7, 11) is 0. The number of aromatic nitrogens is 4. The molecule has 2 aromatic heterocycles. The maximum Gasteiger partial charge on any atom is 0.271 e. The molecule has 160 valence electrons. The average Bonchev–Trinajstić information content (AvgIpc) is 3.30. The van der Waals surface area contributed by atoms with Gasteiger partial charge < -0.3 is 10.1 Å². The van der Waals surface area contributed by atoms with Gasteiger partial charge in [-0.15, -0.1) is 0 Å². The van der Waals surface area contributed by atoms with Gasteiger partial charge in [-0.25, -0.2) is 4.68 Å². The minimum absolute atomic E-state index is 0.108. The van der Waals surface area contributed by atoms with Crippen LogP contribution in [0.5, 0.6) is 5.75 Å². The van der Waals surface area contributed by atoms with Gasteiger partial charge in [0.2, 0.25) is 0 Å². The number of hydrogen-bond acceptors (Lipinski definition) is 4. The molecular formula is C22H28BrN5O2. The number of ether oxygens (including phenoxy) is 1. The third-order valence-electron chi connectivity index (χ3n) is 4.69. The zero-order chi connectivity index (χ0) is 21.7. The van der Waals surface area contributed by atoms with Gasteiger partial charge in [0.1, 0.15) is 11.4 Å². The minimum Gasteiger partial charge on any atom is -0.471 e. The van der Waals surface area contributed by atoms with Crippen molar-refractivity contribution < 1.29 is 9.53 Å². The second-order valence-corrected chi connectivity index (χ2v) is 9.08. The molecule has 0 atom stereocenters. The van der Waals surface area contributed by atoms with Crippen LogP contribution in [0, 0.1) is 6.92 Å². The van der Waals surface area contributed by atoms with E-state index in [1.54, 1.807) is 16.9 Å². The number of benzene rings is 1. The summed E-state index contributed by atoms with van der Waals surface area (Å²) in [6.45, 7) is 10.0. The van der Waals surface area contributed by atoms with Crippen LogP contribution in [0.4, 0.5) is 0 Å². The van der Waals surface area contributed by atoms with Gasteiger partial charge in [0, 0.05) is 25.5 Å². The van der Waals surface area contributed by atoms with Crippen molar-refractivity contribution in [3.63, 3.8) is 0 Å². The number of nitrogens with zero attached hydrogens (tertiary/aromatic N) is 4. The van der Waals surface area contributed by atoms with Crippen molar-refractivity contribution >= 4 is 21.8 Å². The molecule has 3 aromatic rings. The fourth-order valence-electron chi connectivity index (χ4n) is 2.89. The summed E-state index contributed by atoms with van der Waals surface area (Å²) in [4.78, 5) is 12.3. The van der Waals surface area contributed by atoms with Crippen LogP contribution in [0.1, 0.15) is 48.9 Å². The Kier molecular flexibility index (Phi) is 6.97. The van der Waals surface area contributed by atoms with E-state index in [1.165, 1.54) is 5.56 Å². The highest BCUT2D eigenvalue weighted by atomic mass is 79.9. The topological polar surface area (TPSA) is 74.0 Å². The molecule has 8 heteroatoms. The maximum absolute atomic E-state index is 12.3. The number of nitrogens with one attached hydrogen (secondary N) is 1. The molecule has 0 fully saturated rings. The minimum atomic E-state index is -0.193. The third-order valence-corrected chi connectivity index (χ3v) is 5.47. The van der Waals surface area contributed by atoms with E-state index < -0.39 is 0 Å². The van der Waals surface area contributed by atoms with Crippen molar-refractivity contribution in [2.45, 2.75) is 52.8 Å². The van der Waals surface area contributed by atoms with E-state index in [0.29, 0.717) is 12.2 Å². The standard InChI is InChI=1S/C22H28BrN5O2/c1-16-19(23)14-27(25-16)12-5-11-24-21(29)20-10-13-28(26-20)15-30-18-8-6-17(7-9-18)22(2,3)4/h6-10,13-14H,5,11-12,15H2,1-4H3,(H,24,29). The third kappa shape index (κ3) is 5.95. The zero-order valence-corrected chi connectivity index (χ0v) is 19.4. The summed E-state index contributed by atoms with van der Waals surface area (Å²) in [5.41, 5.74) is 2.69. The number of aryl methyl sites for hydroxylation is 2. The molecule has 1 aromatic carbocycles. The lowest BCUT2D eigenvalue weighted by molar-refractivity contribution is 0.0945. The normalized spacial score (nSPS) is 11.5. The van der Waals surface area contributed by atoms with Crippen LogP contribution in [-0.4, -0.2) is 32.0 Å². The predicted octanol–water partition coefficient (Wildman–Crippen LogP) is 4.30. The molecule has 1 amide bonds. The first-order valence-corrected chi connectivity index (χ1v) is 10.8. The summed E-state index contributed by atoms with van der Waals surface area (Å²) >= 11 is 3.45. The molecule has 0 aliphatic carbocycles. The Morgan fingerprint density at radius 3 is 2.50 bits per heavy atom. The Morgan fingerprint density at radius 1 is 1.13 bits per heavy atom. The molecule has 0 spiro atoms. The van der Waals surface area contributed by atoms with E-state index >= 15 is 0 Å². The number of rotatable bonds is 8. The molecule has 1 N–H and O–H groups in total. The number of halogens is 1. The highest BCUT2D eigenvalue weighted by molar-refractivity contribution is 9.10. The van der Waals surface area contributed by atoms with Crippen LogP contribution < -0.4 is 10.1 Å². The SMILES string of the molecule is Cc1nn(CCCNC(=O)c2ccn(COc3ccc(C(C)(C)C)cc3)n2)cc1Br. The van der Waals surface area contributed by atoms with Gasteiger partial charge in [0.15, 0.2) is 6.73 Å². The Hall–Kier alpha value is -2.61. The van der Waals surface area contributed by atoms with E-state index in [0.717, 1.165) is 28.9 Å². The average molecular weight is 474 g/mol. The number of hydrogen-bond donors (Lipinski definition) is 1. The first-order valence-electron chi connectivity index (χ1n) is 9.97. The lowest BCUT2D eigenvalue weighted by Gasteiger charge is -2.19. The van der Waals surface area contributed by atoms with E-state index in [2.05, 4.69) is 64.3 Å². The summed E-state index contributed by atoms with van der Waals surface area (Å²) < 4.78 is 10.2. The van der Waals surface area contributed by atoms with Crippen LogP contribution in [0.15, 0.2) is 47.2 Å². The van der Waals surface area contributed by atoms with Crippen molar-refractivity contribution in [3.8, 4) is 5.75 Å². The van der Waals surface area contributed by atoms with E-state index in [4.69, 9.17) is 4.74 Å². The Labute approximate surface area is 185 Å².